The SMILES string of the molecule is C=C1N=CC(C)(N)C=C1C(C)C. The second-order valence-electron chi connectivity index (χ2n) is 3.83. The summed E-state index contributed by atoms with van der Waals surface area (Å²) in [5.41, 5.74) is 7.50. The van der Waals surface area contributed by atoms with Crippen LogP contribution < -0.4 is 5.73 Å². The van der Waals surface area contributed by atoms with Crippen LogP contribution in [0, 0.1) is 5.92 Å². The normalized spacial score (nSPS) is 29.4. The highest BCUT2D eigenvalue weighted by molar-refractivity contribution is 5.77. The summed E-state index contributed by atoms with van der Waals surface area (Å²) in [6, 6.07) is 0. The van der Waals surface area contributed by atoms with Gasteiger partial charge < -0.3 is 5.73 Å². The fourth-order valence-corrected chi connectivity index (χ4v) is 1.25. The molecule has 66 valence electrons. The van der Waals surface area contributed by atoms with Crippen molar-refractivity contribution in [3.05, 3.63) is 23.9 Å². The molecule has 1 aliphatic rings. The van der Waals surface area contributed by atoms with Crippen molar-refractivity contribution in [1.82, 2.24) is 0 Å². The Labute approximate surface area is 73.9 Å². The van der Waals surface area contributed by atoms with Gasteiger partial charge in [0.1, 0.15) is 0 Å². The van der Waals surface area contributed by atoms with Crippen LogP contribution in [0.3, 0.4) is 0 Å². The maximum Gasteiger partial charge on any atom is 0.0677 e. The molecule has 0 aromatic rings. The van der Waals surface area contributed by atoms with Gasteiger partial charge in [0.2, 0.25) is 0 Å². The summed E-state index contributed by atoms with van der Waals surface area (Å²) in [5, 5.41) is 0. The fourth-order valence-electron chi connectivity index (χ4n) is 1.25. The number of rotatable bonds is 1. The smallest absolute Gasteiger partial charge is 0.0677 e. The lowest BCUT2D eigenvalue weighted by Crippen LogP contribution is -2.38. The minimum absolute atomic E-state index is 0.402. The molecule has 12 heavy (non-hydrogen) atoms. The van der Waals surface area contributed by atoms with Gasteiger partial charge in [0.05, 0.1) is 11.2 Å². The van der Waals surface area contributed by atoms with Crippen LogP contribution in [0.1, 0.15) is 20.8 Å². The highest BCUT2D eigenvalue weighted by atomic mass is 14.8. The van der Waals surface area contributed by atoms with Gasteiger partial charge in [0.25, 0.3) is 0 Å². The van der Waals surface area contributed by atoms with E-state index < -0.39 is 5.54 Å². The number of hydrogen-bond acceptors (Lipinski definition) is 2. The fraction of sp³-hybridized carbons (Fsp3) is 0.500. The van der Waals surface area contributed by atoms with E-state index >= 15 is 0 Å². The van der Waals surface area contributed by atoms with E-state index in [9.17, 15) is 0 Å². The van der Waals surface area contributed by atoms with Crippen molar-refractivity contribution < 1.29 is 0 Å². The van der Waals surface area contributed by atoms with Crippen LogP contribution in [0.2, 0.25) is 0 Å². The third-order valence-corrected chi connectivity index (χ3v) is 1.92. The van der Waals surface area contributed by atoms with Crippen LogP contribution in [0.15, 0.2) is 28.9 Å². The van der Waals surface area contributed by atoms with Crippen LogP contribution in [-0.4, -0.2) is 11.8 Å². The molecule has 1 rings (SSSR count). The summed E-state index contributed by atoms with van der Waals surface area (Å²) in [6.45, 7) is 10.0. The van der Waals surface area contributed by atoms with E-state index in [0.717, 1.165) is 11.3 Å². The number of nitrogens with zero attached hydrogens (tertiary/aromatic N) is 1. The summed E-state index contributed by atoms with van der Waals surface area (Å²) in [6.07, 6.45) is 3.77. The lowest BCUT2D eigenvalue weighted by atomic mass is 9.91. The second-order valence-corrected chi connectivity index (χ2v) is 3.83. The molecule has 0 saturated heterocycles. The van der Waals surface area contributed by atoms with Crippen molar-refractivity contribution >= 4 is 6.21 Å². The summed E-state index contributed by atoms with van der Waals surface area (Å²) >= 11 is 0. The number of aliphatic imine (C=N–C) groups is 1. The third-order valence-electron chi connectivity index (χ3n) is 1.92. The molecule has 1 heterocycles. The zero-order chi connectivity index (χ0) is 9.35. The molecule has 0 aromatic carbocycles. The van der Waals surface area contributed by atoms with Crippen molar-refractivity contribution in [2.45, 2.75) is 26.3 Å². The molecule has 2 N–H and O–H groups in total. The van der Waals surface area contributed by atoms with Gasteiger partial charge in [-0.25, -0.2) is 0 Å². The first-order chi connectivity index (χ1) is 5.42. The quantitative estimate of drug-likeness (QED) is 0.631. The van der Waals surface area contributed by atoms with Crippen LogP contribution >= 0.6 is 0 Å². The molecule has 0 spiro atoms. The molecule has 1 unspecified atom stereocenters. The molecule has 0 saturated carbocycles. The van der Waals surface area contributed by atoms with Crippen LogP contribution in [0.25, 0.3) is 0 Å². The summed E-state index contributed by atoms with van der Waals surface area (Å²) < 4.78 is 0. The highest BCUT2D eigenvalue weighted by Crippen LogP contribution is 2.24. The van der Waals surface area contributed by atoms with Gasteiger partial charge in [-0.1, -0.05) is 26.5 Å². The Morgan fingerprint density at radius 1 is 1.58 bits per heavy atom. The van der Waals surface area contributed by atoms with E-state index in [0.29, 0.717) is 5.92 Å². The molecule has 0 radical (unpaired) electrons. The van der Waals surface area contributed by atoms with Gasteiger partial charge in [0, 0.05) is 6.21 Å². The largest absolute Gasteiger partial charge is 0.318 e. The molecule has 1 aliphatic heterocycles. The Balaban J connectivity index is 2.99. The highest BCUT2D eigenvalue weighted by Gasteiger charge is 2.20. The standard InChI is InChI=1S/C10H16N2/c1-7(2)9-5-10(4,11)6-12-8(9)3/h5-7H,3,11H2,1-2,4H3. The van der Waals surface area contributed by atoms with Gasteiger partial charge >= 0.3 is 0 Å². The number of allylic oxidation sites excluding steroid dienone is 1. The van der Waals surface area contributed by atoms with Gasteiger partial charge in [-0.2, -0.15) is 0 Å². The molecular formula is C10H16N2. The van der Waals surface area contributed by atoms with Crippen LogP contribution in [-0.2, 0) is 0 Å². The van der Waals surface area contributed by atoms with Gasteiger partial charge in [-0.3, -0.25) is 4.99 Å². The van der Waals surface area contributed by atoms with Crippen molar-refractivity contribution in [2.24, 2.45) is 16.6 Å². The third kappa shape index (κ3) is 1.83. The van der Waals surface area contributed by atoms with Gasteiger partial charge in [-0.05, 0) is 18.4 Å². The summed E-state index contributed by atoms with van der Waals surface area (Å²) in [5.74, 6) is 0.442. The topological polar surface area (TPSA) is 38.4 Å². The first kappa shape index (κ1) is 9.20. The van der Waals surface area contributed by atoms with Gasteiger partial charge in [-0.15, -0.1) is 0 Å². The molecule has 2 nitrogen and oxygen atoms in total. The summed E-state index contributed by atoms with van der Waals surface area (Å²) in [7, 11) is 0. The minimum Gasteiger partial charge on any atom is -0.318 e. The predicted molar refractivity (Wildman–Crippen MR) is 53.1 cm³/mol. The van der Waals surface area contributed by atoms with E-state index in [1.807, 2.05) is 13.0 Å². The van der Waals surface area contributed by atoms with Crippen LogP contribution in [0.4, 0.5) is 0 Å². The van der Waals surface area contributed by atoms with E-state index in [2.05, 4.69) is 25.4 Å². The Morgan fingerprint density at radius 3 is 2.58 bits per heavy atom. The first-order valence-corrected chi connectivity index (χ1v) is 4.18. The van der Waals surface area contributed by atoms with Crippen molar-refractivity contribution in [3.8, 4) is 0 Å². The zero-order valence-electron chi connectivity index (χ0n) is 7.96. The predicted octanol–water partition coefficient (Wildman–Crippen LogP) is 1.88. The Kier molecular flexibility index (Phi) is 2.20. The Hall–Kier alpha value is -0.890. The Bertz CT molecular complexity index is 257. The molecule has 0 aromatic heterocycles. The van der Waals surface area contributed by atoms with Crippen LogP contribution in [0.5, 0.6) is 0 Å². The van der Waals surface area contributed by atoms with Gasteiger partial charge in [0.15, 0.2) is 0 Å². The zero-order valence-corrected chi connectivity index (χ0v) is 7.96. The molecule has 1 atom stereocenters. The first-order valence-electron chi connectivity index (χ1n) is 4.18. The molecule has 2 heteroatoms. The summed E-state index contributed by atoms with van der Waals surface area (Å²) in [4.78, 5) is 4.17. The van der Waals surface area contributed by atoms with Crippen molar-refractivity contribution in [2.75, 3.05) is 0 Å². The minimum atomic E-state index is -0.402. The van der Waals surface area contributed by atoms with Crippen molar-refractivity contribution in [3.63, 3.8) is 0 Å². The molecule has 0 bridgehead atoms. The number of hydrogen-bond donors (Lipinski definition) is 1. The molecule has 0 aliphatic carbocycles. The second kappa shape index (κ2) is 2.87. The average molecular weight is 164 g/mol. The molecular weight excluding hydrogens is 148 g/mol. The lowest BCUT2D eigenvalue weighted by Gasteiger charge is -2.24. The van der Waals surface area contributed by atoms with E-state index in [1.165, 1.54) is 0 Å². The van der Waals surface area contributed by atoms with E-state index in [4.69, 9.17) is 5.73 Å². The monoisotopic (exact) mass is 164 g/mol. The Morgan fingerprint density at radius 2 is 2.17 bits per heavy atom. The molecule has 0 fully saturated rings. The maximum atomic E-state index is 5.90. The average Bonchev–Trinajstić information content (AvgIpc) is 1.94. The van der Waals surface area contributed by atoms with E-state index in [1.54, 1.807) is 6.21 Å². The molecule has 0 amide bonds. The number of nitrogens with two attached hydrogens (primary N) is 1. The maximum absolute atomic E-state index is 5.90. The van der Waals surface area contributed by atoms with Crippen molar-refractivity contribution in [1.29, 1.82) is 0 Å². The lowest BCUT2D eigenvalue weighted by molar-refractivity contribution is 0.714. The number of dihydropyridines is 1. The van der Waals surface area contributed by atoms with E-state index in [-0.39, 0.29) is 0 Å².